The van der Waals surface area contributed by atoms with Gasteiger partial charge >= 0.3 is 0 Å². The molecule has 2 aromatic rings. The normalized spacial score (nSPS) is 22.5. The van der Waals surface area contributed by atoms with Gasteiger partial charge in [-0.1, -0.05) is 6.07 Å². The Bertz CT molecular complexity index is 714. The highest BCUT2D eigenvalue weighted by atomic mass is 32.1. The fourth-order valence-corrected chi connectivity index (χ4v) is 5.02. The third-order valence-corrected chi connectivity index (χ3v) is 6.56. The summed E-state index contributed by atoms with van der Waals surface area (Å²) < 4.78 is 5.60. The molecule has 4 rings (SSSR count). The van der Waals surface area contributed by atoms with E-state index in [1.54, 1.807) is 23.7 Å². The van der Waals surface area contributed by atoms with Gasteiger partial charge in [0, 0.05) is 62.1 Å². The summed E-state index contributed by atoms with van der Waals surface area (Å²) in [5.41, 5.74) is 1.14. The van der Waals surface area contributed by atoms with Crippen molar-refractivity contribution in [2.75, 3.05) is 26.3 Å². The van der Waals surface area contributed by atoms with Crippen LogP contribution >= 0.6 is 11.3 Å². The first-order valence-corrected chi connectivity index (χ1v) is 10.1. The molecular formula is C20H25N3O2S. The van der Waals surface area contributed by atoms with Crippen LogP contribution in [0.15, 0.2) is 42.0 Å². The third kappa shape index (κ3) is 3.82. The van der Waals surface area contributed by atoms with E-state index in [-0.39, 0.29) is 17.2 Å². The fourth-order valence-electron chi connectivity index (χ4n) is 4.27. The predicted molar refractivity (Wildman–Crippen MR) is 102 cm³/mol. The van der Waals surface area contributed by atoms with Crippen LogP contribution in [0, 0.1) is 11.3 Å². The number of pyridine rings is 1. The molecule has 2 aromatic heterocycles. The zero-order valence-electron chi connectivity index (χ0n) is 14.9. The molecule has 26 heavy (non-hydrogen) atoms. The maximum absolute atomic E-state index is 13.0. The number of nitrogens with zero attached hydrogens (tertiary/aromatic N) is 2. The van der Waals surface area contributed by atoms with Crippen molar-refractivity contribution in [3.8, 4) is 0 Å². The first-order valence-electron chi connectivity index (χ1n) is 9.24. The van der Waals surface area contributed by atoms with E-state index in [9.17, 15) is 4.79 Å². The number of likely N-dealkylation sites (tertiary alicyclic amines) is 1. The lowest BCUT2D eigenvalue weighted by Gasteiger charge is -2.37. The van der Waals surface area contributed by atoms with E-state index < -0.39 is 0 Å². The Hall–Kier alpha value is -1.76. The Labute approximate surface area is 158 Å². The summed E-state index contributed by atoms with van der Waals surface area (Å²) in [6.45, 7) is 4.85. The number of nitrogens with one attached hydrogen (secondary N) is 1. The smallest absolute Gasteiger partial charge is 0.225 e. The highest BCUT2D eigenvalue weighted by molar-refractivity contribution is 7.09. The topological polar surface area (TPSA) is 54.5 Å². The lowest BCUT2D eigenvalue weighted by molar-refractivity contribution is -0.130. The van der Waals surface area contributed by atoms with Gasteiger partial charge in [-0.25, -0.2) is 0 Å². The second-order valence-electron chi connectivity index (χ2n) is 7.35. The molecule has 2 fully saturated rings. The van der Waals surface area contributed by atoms with E-state index in [0.29, 0.717) is 6.54 Å². The zero-order valence-corrected chi connectivity index (χ0v) is 15.7. The van der Waals surface area contributed by atoms with E-state index in [1.807, 2.05) is 12.1 Å². The van der Waals surface area contributed by atoms with E-state index >= 15 is 0 Å². The molecule has 0 aliphatic carbocycles. The first-order chi connectivity index (χ1) is 12.8. The van der Waals surface area contributed by atoms with E-state index in [0.717, 1.165) is 51.3 Å². The molecule has 1 spiro atoms. The van der Waals surface area contributed by atoms with Gasteiger partial charge < -0.3 is 10.1 Å². The Morgan fingerprint density at radius 1 is 1.31 bits per heavy atom. The summed E-state index contributed by atoms with van der Waals surface area (Å²) in [6, 6.07) is 8.17. The molecule has 0 radical (unpaired) electrons. The number of carbonyl (C=O) groups is 1. The number of hydrogen-bond donors (Lipinski definition) is 1. The van der Waals surface area contributed by atoms with Crippen molar-refractivity contribution >= 4 is 17.2 Å². The molecule has 2 aliphatic rings. The molecule has 0 saturated carbocycles. The third-order valence-electron chi connectivity index (χ3n) is 5.70. The molecule has 1 unspecified atom stereocenters. The average molecular weight is 372 g/mol. The summed E-state index contributed by atoms with van der Waals surface area (Å²) in [5, 5.41) is 5.28. The van der Waals surface area contributed by atoms with Gasteiger partial charge in [0.15, 0.2) is 0 Å². The second kappa shape index (κ2) is 7.86. The standard InChI is InChI=1S/C20H25N3O2S/c24-19(22-12-16-3-7-21-8-4-16)18-14-23(13-17-2-1-11-26-17)15-20(18)5-9-25-10-6-20/h1-4,7-8,11,18H,5-6,9-10,12-15H2,(H,22,24). The summed E-state index contributed by atoms with van der Waals surface area (Å²) in [5.74, 6) is 0.214. The summed E-state index contributed by atoms with van der Waals surface area (Å²) in [7, 11) is 0. The SMILES string of the molecule is O=C(NCc1ccncc1)C1CN(Cc2cccs2)CC12CCOCC2. The van der Waals surface area contributed by atoms with Crippen LogP contribution in [0.25, 0.3) is 0 Å². The molecule has 2 aliphatic heterocycles. The molecular weight excluding hydrogens is 346 g/mol. The Kier molecular flexibility index (Phi) is 5.33. The Balaban J connectivity index is 1.45. The van der Waals surface area contributed by atoms with Crippen molar-refractivity contribution in [3.63, 3.8) is 0 Å². The van der Waals surface area contributed by atoms with Gasteiger partial charge in [-0.05, 0) is 42.0 Å². The second-order valence-corrected chi connectivity index (χ2v) is 8.38. The van der Waals surface area contributed by atoms with Gasteiger partial charge in [-0.15, -0.1) is 11.3 Å². The van der Waals surface area contributed by atoms with Crippen molar-refractivity contribution in [1.29, 1.82) is 0 Å². The van der Waals surface area contributed by atoms with Crippen molar-refractivity contribution in [1.82, 2.24) is 15.2 Å². The van der Waals surface area contributed by atoms with Crippen molar-refractivity contribution in [3.05, 3.63) is 52.5 Å². The number of amides is 1. The van der Waals surface area contributed by atoms with Crippen LogP contribution in [-0.2, 0) is 22.6 Å². The summed E-state index contributed by atoms with van der Waals surface area (Å²) in [4.78, 5) is 20.9. The lowest BCUT2D eigenvalue weighted by atomic mass is 9.71. The molecule has 6 heteroatoms. The van der Waals surface area contributed by atoms with E-state index in [1.165, 1.54) is 4.88 Å². The summed E-state index contributed by atoms with van der Waals surface area (Å²) >= 11 is 1.79. The molecule has 1 amide bonds. The number of ether oxygens (including phenoxy) is 1. The number of thiophene rings is 1. The maximum atomic E-state index is 13.0. The quantitative estimate of drug-likeness (QED) is 0.878. The molecule has 2 saturated heterocycles. The number of rotatable bonds is 5. The Morgan fingerprint density at radius 2 is 2.12 bits per heavy atom. The molecule has 0 aromatic carbocycles. The highest BCUT2D eigenvalue weighted by Crippen LogP contribution is 2.45. The van der Waals surface area contributed by atoms with E-state index in [4.69, 9.17) is 4.74 Å². The minimum absolute atomic E-state index is 0.0354. The molecule has 138 valence electrons. The number of aromatic nitrogens is 1. The van der Waals surface area contributed by atoms with Crippen molar-refractivity contribution < 1.29 is 9.53 Å². The lowest BCUT2D eigenvalue weighted by Crippen LogP contribution is -2.44. The van der Waals surface area contributed by atoms with Gasteiger partial charge in [0.05, 0.1) is 5.92 Å². The minimum atomic E-state index is 0.0354. The van der Waals surface area contributed by atoms with Crippen LogP contribution in [0.5, 0.6) is 0 Å². The van der Waals surface area contributed by atoms with Crippen LogP contribution in [0.4, 0.5) is 0 Å². The fraction of sp³-hybridized carbons (Fsp3) is 0.500. The van der Waals surface area contributed by atoms with Crippen LogP contribution in [-0.4, -0.2) is 42.1 Å². The molecule has 4 heterocycles. The van der Waals surface area contributed by atoms with Crippen LogP contribution < -0.4 is 5.32 Å². The summed E-state index contributed by atoms with van der Waals surface area (Å²) in [6.07, 6.45) is 5.47. The molecule has 1 N–H and O–H groups in total. The maximum Gasteiger partial charge on any atom is 0.225 e. The zero-order chi connectivity index (χ0) is 17.8. The van der Waals surface area contributed by atoms with Gasteiger partial charge in [0.25, 0.3) is 0 Å². The largest absolute Gasteiger partial charge is 0.381 e. The highest BCUT2D eigenvalue weighted by Gasteiger charge is 2.50. The average Bonchev–Trinajstić information content (AvgIpc) is 3.30. The molecule has 0 bridgehead atoms. The minimum Gasteiger partial charge on any atom is -0.381 e. The van der Waals surface area contributed by atoms with Gasteiger partial charge in [-0.2, -0.15) is 0 Å². The van der Waals surface area contributed by atoms with Crippen LogP contribution in [0.3, 0.4) is 0 Å². The molecule has 5 nitrogen and oxygen atoms in total. The van der Waals surface area contributed by atoms with Crippen LogP contribution in [0.1, 0.15) is 23.3 Å². The van der Waals surface area contributed by atoms with E-state index in [2.05, 4.69) is 32.7 Å². The van der Waals surface area contributed by atoms with Crippen LogP contribution in [0.2, 0.25) is 0 Å². The number of hydrogen-bond acceptors (Lipinski definition) is 5. The Morgan fingerprint density at radius 3 is 2.85 bits per heavy atom. The van der Waals surface area contributed by atoms with Crippen molar-refractivity contribution in [2.24, 2.45) is 11.3 Å². The number of carbonyl (C=O) groups excluding carboxylic acids is 1. The predicted octanol–water partition coefficient (Wildman–Crippen LogP) is 2.69. The molecule has 1 atom stereocenters. The first kappa shape index (κ1) is 17.6. The van der Waals surface area contributed by atoms with Gasteiger partial charge in [-0.3, -0.25) is 14.7 Å². The monoisotopic (exact) mass is 371 g/mol. The van der Waals surface area contributed by atoms with Gasteiger partial charge in [0.2, 0.25) is 5.91 Å². The van der Waals surface area contributed by atoms with Gasteiger partial charge in [0.1, 0.15) is 0 Å². The van der Waals surface area contributed by atoms with Crippen molar-refractivity contribution in [2.45, 2.75) is 25.9 Å².